The van der Waals surface area contributed by atoms with Crippen molar-refractivity contribution in [1.29, 1.82) is 0 Å². The first kappa shape index (κ1) is 14.3. The van der Waals surface area contributed by atoms with Gasteiger partial charge >= 0.3 is 0 Å². The van der Waals surface area contributed by atoms with Crippen LogP contribution in [-0.4, -0.2) is 15.0 Å². The standard InChI is InChI=1S/C18H18N4/c1-13-16(10-9-14-6-5-11-20-12-14)17(22-18(19)21-13)15-7-3-2-4-8-15/h5-7,11-12H,2-4,8H2,1H3,(H2,19,21,22). The number of rotatable bonds is 1. The molecule has 1 aliphatic carbocycles. The van der Waals surface area contributed by atoms with E-state index in [0.717, 1.165) is 35.4 Å². The van der Waals surface area contributed by atoms with Crippen LogP contribution in [0.1, 0.15) is 48.2 Å². The fourth-order valence-corrected chi connectivity index (χ4v) is 2.60. The molecule has 0 saturated heterocycles. The Balaban J connectivity index is 2.07. The summed E-state index contributed by atoms with van der Waals surface area (Å²) < 4.78 is 0. The van der Waals surface area contributed by atoms with Crippen molar-refractivity contribution in [3.05, 3.63) is 53.1 Å². The van der Waals surface area contributed by atoms with E-state index < -0.39 is 0 Å². The summed E-state index contributed by atoms with van der Waals surface area (Å²) in [5.41, 5.74) is 10.5. The lowest BCUT2D eigenvalue weighted by Gasteiger charge is -2.15. The van der Waals surface area contributed by atoms with Gasteiger partial charge in [0.05, 0.1) is 17.0 Å². The maximum absolute atomic E-state index is 5.83. The molecule has 0 spiro atoms. The van der Waals surface area contributed by atoms with Crippen molar-refractivity contribution in [3.8, 4) is 11.8 Å². The molecular weight excluding hydrogens is 272 g/mol. The van der Waals surface area contributed by atoms with E-state index in [1.54, 1.807) is 12.4 Å². The third kappa shape index (κ3) is 3.15. The highest BCUT2D eigenvalue weighted by Gasteiger charge is 2.15. The summed E-state index contributed by atoms with van der Waals surface area (Å²) in [6.45, 7) is 1.93. The van der Waals surface area contributed by atoms with Gasteiger partial charge in [0.25, 0.3) is 0 Å². The molecule has 2 aromatic rings. The Bertz CT molecular complexity index is 767. The fraction of sp³-hybridized carbons (Fsp3) is 0.278. The number of aromatic nitrogens is 3. The molecule has 110 valence electrons. The Morgan fingerprint density at radius 3 is 2.82 bits per heavy atom. The number of allylic oxidation sites excluding steroid dienone is 2. The first-order valence-electron chi connectivity index (χ1n) is 7.49. The number of nitrogens with two attached hydrogens (primary N) is 1. The van der Waals surface area contributed by atoms with Crippen LogP contribution in [0.4, 0.5) is 5.95 Å². The van der Waals surface area contributed by atoms with E-state index in [4.69, 9.17) is 5.73 Å². The Labute approximate surface area is 130 Å². The van der Waals surface area contributed by atoms with E-state index in [9.17, 15) is 0 Å². The van der Waals surface area contributed by atoms with Gasteiger partial charge < -0.3 is 5.73 Å². The molecule has 0 aromatic carbocycles. The van der Waals surface area contributed by atoms with E-state index in [1.807, 2.05) is 19.1 Å². The van der Waals surface area contributed by atoms with Crippen molar-refractivity contribution < 1.29 is 0 Å². The summed E-state index contributed by atoms with van der Waals surface area (Å²) in [6, 6.07) is 3.81. The number of pyridine rings is 1. The van der Waals surface area contributed by atoms with Crippen LogP contribution >= 0.6 is 0 Å². The molecule has 0 unspecified atom stereocenters. The minimum Gasteiger partial charge on any atom is -0.368 e. The maximum Gasteiger partial charge on any atom is 0.220 e. The molecule has 0 saturated carbocycles. The first-order chi connectivity index (χ1) is 10.7. The average molecular weight is 290 g/mol. The monoisotopic (exact) mass is 290 g/mol. The molecule has 2 heterocycles. The third-order valence-electron chi connectivity index (χ3n) is 3.70. The maximum atomic E-state index is 5.83. The van der Waals surface area contributed by atoms with Crippen molar-refractivity contribution in [2.45, 2.75) is 32.6 Å². The number of nitrogens with zero attached hydrogens (tertiary/aromatic N) is 3. The number of hydrogen-bond acceptors (Lipinski definition) is 4. The highest BCUT2D eigenvalue weighted by molar-refractivity contribution is 5.70. The lowest BCUT2D eigenvalue weighted by molar-refractivity contribution is 0.739. The zero-order valence-corrected chi connectivity index (χ0v) is 12.6. The number of anilines is 1. The highest BCUT2D eigenvalue weighted by atomic mass is 15.0. The third-order valence-corrected chi connectivity index (χ3v) is 3.70. The van der Waals surface area contributed by atoms with Gasteiger partial charge in [-0.25, -0.2) is 9.97 Å². The highest BCUT2D eigenvalue weighted by Crippen LogP contribution is 2.28. The summed E-state index contributed by atoms with van der Waals surface area (Å²) in [6.07, 6.45) is 10.3. The summed E-state index contributed by atoms with van der Waals surface area (Å²) in [5.74, 6) is 6.66. The molecule has 4 heteroatoms. The van der Waals surface area contributed by atoms with Crippen LogP contribution in [0.15, 0.2) is 30.6 Å². The lowest BCUT2D eigenvalue weighted by Crippen LogP contribution is -2.06. The van der Waals surface area contributed by atoms with Crippen LogP contribution in [0, 0.1) is 18.8 Å². The van der Waals surface area contributed by atoms with Gasteiger partial charge in [0.1, 0.15) is 0 Å². The normalized spacial score (nSPS) is 14.0. The van der Waals surface area contributed by atoms with Gasteiger partial charge in [-0.3, -0.25) is 4.98 Å². The van der Waals surface area contributed by atoms with Crippen LogP contribution in [0.25, 0.3) is 5.57 Å². The lowest BCUT2D eigenvalue weighted by atomic mass is 9.94. The first-order valence-corrected chi connectivity index (χ1v) is 7.49. The molecule has 2 N–H and O–H groups in total. The van der Waals surface area contributed by atoms with Gasteiger partial charge in [0, 0.05) is 18.0 Å². The molecule has 0 amide bonds. The van der Waals surface area contributed by atoms with Crippen LogP contribution in [0.2, 0.25) is 0 Å². The van der Waals surface area contributed by atoms with Crippen LogP contribution in [0.3, 0.4) is 0 Å². The van der Waals surface area contributed by atoms with Crippen molar-refractivity contribution in [2.24, 2.45) is 0 Å². The topological polar surface area (TPSA) is 64.7 Å². The van der Waals surface area contributed by atoms with E-state index in [2.05, 4.69) is 32.9 Å². The number of hydrogen-bond donors (Lipinski definition) is 1. The van der Waals surface area contributed by atoms with Gasteiger partial charge in [0.2, 0.25) is 5.95 Å². The molecule has 22 heavy (non-hydrogen) atoms. The average Bonchev–Trinajstić information content (AvgIpc) is 2.55. The van der Waals surface area contributed by atoms with Crippen LogP contribution in [-0.2, 0) is 0 Å². The minimum absolute atomic E-state index is 0.311. The zero-order valence-electron chi connectivity index (χ0n) is 12.6. The van der Waals surface area contributed by atoms with E-state index in [-0.39, 0.29) is 0 Å². The summed E-state index contributed by atoms with van der Waals surface area (Å²) in [5, 5.41) is 0. The molecule has 0 bridgehead atoms. The van der Waals surface area contributed by atoms with E-state index in [1.165, 1.54) is 18.4 Å². The number of nitrogen functional groups attached to an aromatic ring is 1. The predicted molar refractivity (Wildman–Crippen MR) is 87.8 cm³/mol. The minimum atomic E-state index is 0.311. The van der Waals surface area contributed by atoms with Crippen molar-refractivity contribution in [3.63, 3.8) is 0 Å². The molecule has 0 atom stereocenters. The second-order valence-electron chi connectivity index (χ2n) is 5.36. The van der Waals surface area contributed by atoms with Gasteiger partial charge in [-0.15, -0.1) is 0 Å². The molecule has 2 aromatic heterocycles. The Morgan fingerprint density at radius 1 is 1.18 bits per heavy atom. The SMILES string of the molecule is Cc1nc(N)nc(C2=CCCCC2)c1C#Cc1cccnc1. The second-order valence-corrected chi connectivity index (χ2v) is 5.36. The van der Waals surface area contributed by atoms with Crippen LogP contribution < -0.4 is 5.73 Å². The van der Waals surface area contributed by atoms with Crippen molar-refractivity contribution in [1.82, 2.24) is 15.0 Å². The van der Waals surface area contributed by atoms with Crippen molar-refractivity contribution in [2.75, 3.05) is 5.73 Å². The Hall–Kier alpha value is -2.67. The molecule has 0 fully saturated rings. The Kier molecular flexibility index (Phi) is 4.15. The molecule has 4 nitrogen and oxygen atoms in total. The molecule has 0 radical (unpaired) electrons. The van der Waals surface area contributed by atoms with E-state index >= 15 is 0 Å². The summed E-state index contributed by atoms with van der Waals surface area (Å²) in [7, 11) is 0. The number of aryl methyl sites for hydroxylation is 1. The van der Waals surface area contributed by atoms with Gasteiger partial charge in [-0.2, -0.15) is 0 Å². The molecule has 0 aliphatic heterocycles. The smallest absolute Gasteiger partial charge is 0.220 e. The second kappa shape index (κ2) is 6.40. The molecule has 1 aliphatic rings. The fourth-order valence-electron chi connectivity index (χ4n) is 2.60. The summed E-state index contributed by atoms with van der Waals surface area (Å²) >= 11 is 0. The van der Waals surface area contributed by atoms with Gasteiger partial charge in [0.15, 0.2) is 0 Å². The summed E-state index contributed by atoms with van der Waals surface area (Å²) in [4.78, 5) is 12.8. The molecular formula is C18H18N4. The van der Waals surface area contributed by atoms with E-state index in [0.29, 0.717) is 5.95 Å². The molecule has 3 rings (SSSR count). The van der Waals surface area contributed by atoms with Crippen molar-refractivity contribution >= 4 is 11.5 Å². The zero-order chi connectivity index (χ0) is 15.4. The van der Waals surface area contributed by atoms with Gasteiger partial charge in [-0.1, -0.05) is 17.9 Å². The van der Waals surface area contributed by atoms with Gasteiger partial charge in [-0.05, 0) is 50.3 Å². The predicted octanol–water partition coefficient (Wildman–Crippen LogP) is 3.12. The Morgan fingerprint density at radius 2 is 2.09 bits per heavy atom. The largest absolute Gasteiger partial charge is 0.368 e. The quantitative estimate of drug-likeness (QED) is 0.820. The van der Waals surface area contributed by atoms with Crippen LogP contribution in [0.5, 0.6) is 0 Å².